The van der Waals surface area contributed by atoms with Gasteiger partial charge in [0.05, 0.1) is 28.2 Å². The van der Waals surface area contributed by atoms with E-state index >= 15 is 0 Å². The highest BCUT2D eigenvalue weighted by molar-refractivity contribution is 9.10. The summed E-state index contributed by atoms with van der Waals surface area (Å²) in [5.74, 6) is 0.417. The molecule has 0 amide bonds. The van der Waals surface area contributed by atoms with Gasteiger partial charge in [0.1, 0.15) is 15.3 Å². The van der Waals surface area contributed by atoms with Crippen LogP contribution in [0.5, 0.6) is 0 Å². The van der Waals surface area contributed by atoms with Gasteiger partial charge in [0, 0.05) is 18.7 Å². The van der Waals surface area contributed by atoms with Gasteiger partial charge in [-0.1, -0.05) is 25.4 Å². The summed E-state index contributed by atoms with van der Waals surface area (Å²) in [7, 11) is 0. The SMILES string of the molecule is Cc1c(N2CCC(C)(C)CC2)oc2c(C(C)Nc3ccc(Cl)nc3Br)cc(C(F)(F)F)cc2c1=O. The maximum Gasteiger partial charge on any atom is 0.416 e. The molecule has 1 unspecified atom stereocenters. The number of benzene rings is 1. The molecule has 5 nitrogen and oxygen atoms in total. The van der Waals surface area contributed by atoms with Crippen molar-refractivity contribution >= 4 is 50.1 Å². The van der Waals surface area contributed by atoms with Gasteiger partial charge in [0.15, 0.2) is 5.43 Å². The number of anilines is 2. The summed E-state index contributed by atoms with van der Waals surface area (Å²) in [6.07, 6.45) is -2.78. The van der Waals surface area contributed by atoms with Gasteiger partial charge in [0.25, 0.3) is 0 Å². The van der Waals surface area contributed by atoms with Crippen molar-refractivity contribution in [1.82, 2.24) is 4.98 Å². The molecule has 1 atom stereocenters. The molecule has 1 aliphatic heterocycles. The maximum absolute atomic E-state index is 13.8. The zero-order chi connectivity index (χ0) is 25.7. The Hall–Kier alpha value is -2.26. The van der Waals surface area contributed by atoms with Crippen LogP contribution in [0.3, 0.4) is 0 Å². The Morgan fingerprint density at radius 3 is 2.49 bits per heavy atom. The smallest absolute Gasteiger partial charge is 0.416 e. The molecule has 1 fully saturated rings. The first-order chi connectivity index (χ1) is 16.3. The fourth-order valence-electron chi connectivity index (χ4n) is 4.34. The van der Waals surface area contributed by atoms with E-state index in [-0.39, 0.29) is 27.1 Å². The molecule has 10 heteroatoms. The first-order valence-electron chi connectivity index (χ1n) is 11.3. The summed E-state index contributed by atoms with van der Waals surface area (Å²) in [6.45, 7) is 9.12. The highest BCUT2D eigenvalue weighted by atomic mass is 79.9. The van der Waals surface area contributed by atoms with E-state index < -0.39 is 23.2 Å². The molecular formula is C25H26BrClF3N3O2. The van der Waals surface area contributed by atoms with E-state index in [4.69, 9.17) is 16.0 Å². The third-order valence-corrected chi connectivity index (χ3v) is 7.42. The Bertz CT molecular complexity index is 1330. The molecule has 2 aromatic heterocycles. The summed E-state index contributed by atoms with van der Waals surface area (Å²) in [6, 6.07) is 4.53. The van der Waals surface area contributed by atoms with Crippen LogP contribution in [-0.2, 0) is 6.18 Å². The van der Waals surface area contributed by atoms with Crippen LogP contribution in [0.1, 0.15) is 56.3 Å². The molecule has 1 aliphatic rings. The lowest BCUT2D eigenvalue weighted by atomic mass is 9.82. The van der Waals surface area contributed by atoms with E-state index in [1.807, 2.05) is 4.90 Å². The van der Waals surface area contributed by atoms with E-state index in [0.29, 0.717) is 34.8 Å². The van der Waals surface area contributed by atoms with E-state index in [9.17, 15) is 18.0 Å². The number of nitrogens with one attached hydrogen (secondary N) is 1. The Morgan fingerprint density at radius 2 is 1.89 bits per heavy atom. The average molecular weight is 573 g/mol. The van der Waals surface area contributed by atoms with E-state index in [1.165, 1.54) is 0 Å². The molecule has 0 spiro atoms. The van der Waals surface area contributed by atoms with E-state index in [1.54, 1.807) is 26.0 Å². The van der Waals surface area contributed by atoms with Crippen molar-refractivity contribution in [2.24, 2.45) is 5.41 Å². The van der Waals surface area contributed by atoms with Crippen molar-refractivity contribution in [3.63, 3.8) is 0 Å². The third-order valence-electron chi connectivity index (χ3n) is 6.61. The monoisotopic (exact) mass is 571 g/mol. The largest absolute Gasteiger partial charge is 0.440 e. The number of piperidine rings is 1. The average Bonchev–Trinajstić information content (AvgIpc) is 2.77. The highest BCUT2D eigenvalue weighted by Crippen LogP contribution is 2.39. The summed E-state index contributed by atoms with van der Waals surface area (Å²) in [5.41, 5.74) is 0.0558. The number of hydrogen-bond acceptors (Lipinski definition) is 5. The molecule has 0 saturated carbocycles. The predicted molar refractivity (Wildman–Crippen MR) is 136 cm³/mol. The zero-order valence-corrected chi connectivity index (χ0v) is 22.2. The molecular weight excluding hydrogens is 547 g/mol. The van der Waals surface area contributed by atoms with Crippen LogP contribution in [0.2, 0.25) is 5.15 Å². The van der Waals surface area contributed by atoms with Gasteiger partial charge in [-0.25, -0.2) is 4.98 Å². The second kappa shape index (κ2) is 9.32. The lowest BCUT2D eigenvalue weighted by Crippen LogP contribution is -2.38. The topological polar surface area (TPSA) is 58.4 Å². The van der Waals surface area contributed by atoms with Crippen molar-refractivity contribution in [2.45, 2.75) is 52.8 Å². The summed E-state index contributed by atoms with van der Waals surface area (Å²) < 4.78 is 48.0. The minimum atomic E-state index is -4.62. The Labute approximate surface area is 214 Å². The zero-order valence-electron chi connectivity index (χ0n) is 19.8. The molecule has 3 aromatic rings. The molecule has 188 valence electrons. The standard InChI is InChI=1S/C25H26BrClF3N3O2/c1-13-20(34)17-12-15(25(28,29)30)11-16(14(2)31-18-5-6-19(27)32-22(18)26)21(17)35-23(13)33-9-7-24(3,4)8-10-33/h5-6,11-12,14,31H,7-10H2,1-4H3. The quantitative estimate of drug-likeness (QED) is 0.324. The first-order valence-corrected chi connectivity index (χ1v) is 12.5. The Kier molecular flexibility index (Phi) is 6.87. The number of nitrogens with zero attached hydrogens (tertiary/aromatic N) is 2. The molecule has 0 aliphatic carbocycles. The van der Waals surface area contributed by atoms with Crippen LogP contribution in [0.4, 0.5) is 24.7 Å². The molecule has 1 aromatic carbocycles. The number of rotatable bonds is 4. The van der Waals surface area contributed by atoms with Gasteiger partial charge in [-0.3, -0.25) is 4.79 Å². The number of fused-ring (bicyclic) bond motifs is 1. The fourth-order valence-corrected chi connectivity index (χ4v) is 5.03. The van der Waals surface area contributed by atoms with Gasteiger partial charge < -0.3 is 14.6 Å². The summed E-state index contributed by atoms with van der Waals surface area (Å²) >= 11 is 9.23. The Morgan fingerprint density at radius 1 is 1.23 bits per heavy atom. The Balaban J connectivity index is 1.86. The van der Waals surface area contributed by atoms with Crippen LogP contribution in [0.25, 0.3) is 11.0 Å². The fraction of sp³-hybridized carbons (Fsp3) is 0.440. The van der Waals surface area contributed by atoms with Gasteiger partial charge in [0.2, 0.25) is 5.88 Å². The molecule has 35 heavy (non-hydrogen) atoms. The van der Waals surface area contributed by atoms with Crippen LogP contribution in [-0.4, -0.2) is 18.1 Å². The second-order valence-corrected chi connectivity index (χ2v) is 10.9. The van der Waals surface area contributed by atoms with Crippen LogP contribution >= 0.6 is 27.5 Å². The summed E-state index contributed by atoms with van der Waals surface area (Å²) in [4.78, 5) is 19.4. The van der Waals surface area contributed by atoms with E-state index in [0.717, 1.165) is 25.0 Å². The predicted octanol–water partition coefficient (Wildman–Crippen LogP) is 7.73. The highest BCUT2D eigenvalue weighted by Gasteiger charge is 2.34. The van der Waals surface area contributed by atoms with Gasteiger partial charge >= 0.3 is 6.18 Å². The molecule has 4 rings (SSSR count). The first kappa shape index (κ1) is 25.8. The van der Waals surface area contributed by atoms with Crippen molar-refractivity contribution in [2.75, 3.05) is 23.3 Å². The number of halogens is 5. The molecule has 3 heterocycles. The van der Waals surface area contributed by atoms with Crippen LogP contribution in [0.15, 0.2) is 38.1 Å². The molecule has 1 saturated heterocycles. The molecule has 0 radical (unpaired) electrons. The summed E-state index contributed by atoms with van der Waals surface area (Å²) in [5, 5.41) is 3.34. The van der Waals surface area contributed by atoms with Crippen LogP contribution in [0, 0.1) is 12.3 Å². The molecule has 1 N–H and O–H groups in total. The van der Waals surface area contributed by atoms with Gasteiger partial charge in [-0.2, -0.15) is 13.2 Å². The number of aromatic nitrogens is 1. The number of pyridine rings is 1. The van der Waals surface area contributed by atoms with Crippen molar-refractivity contribution in [3.05, 3.63) is 60.9 Å². The maximum atomic E-state index is 13.8. The second-order valence-electron chi connectivity index (χ2n) is 9.79. The van der Waals surface area contributed by atoms with Crippen molar-refractivity contribution in [1.29, 1.82) is 0 Å². The lowest BCUT2D eigenvalue weighted by molar-refractivity contribution is -0.137. The van der Waals surface area contributed by atoms with E-state index in [2.05, 4.69) is 40.1 Å². The minimum absolute atomic E-state index is 0.0876. The van der Waals surface area contributed by atoms with Gasteiger partial charge in [-0.05, 0) is 72.3 Å². The lowest BCUT2D eigenvalue weighted by Gasteiger charge is -2.37. The normalized spacial score (nSPS) is 17.0. The number of hydrogen-bond donors (Lipinski definition) is 1. The minimum Gasteiger partial charge on any atom is -0.440 e. The van der Waals surface area contributed by atoms with Gasteiger partial charge in [-0.15, -0.1) is 0 Å². The van der Waals surface area contributed by atoms with Crippen molar-refractivity contribution in [3.8, 4) is 0 Å². The van der Waals surface area contributed by atoms with Crippen molar-refractivity contribution < 1.29 is 17.6 Å². The molecule has 0 bridgehead atoms. The van der Waals surface area contributed by atoms with Crippen LogP contribution < -0.4 is 15.6 Å². The number of alkyl halides is 3. The third kappa shape index (κ3) is 5.31.